The van der Waals surface area contributed by atoms with Crippen LogP contribution in [0, 0.1) is 29.1 Å². The third-order valence-corrected chi connectivity index (χ3v) is 8.79. The molecule has 30 heavy (non-hydrogen) atoms. The first kappa shape index (κ1) is 21.7. The van der Waals surface area contributed by atoms with Crippen molar-refractivity contribution in [2.75, 3.05) is 0 Å². The number of hydrogen-bond acceptors (Lipinski definition) is 2. The number of fused-ring (bicyclic) bond motifs is 1. The first-order chi connectivity index (χ1) is 14.4. The van der Waals surface area contributed by atoms with E-state index in [1.165, 1.54) is 43.2 Å². The number of hydrogen-bond donors (Lipinski definition) is 2. The summed E-state index contributed by atoms with van der Waals surface area (Å²) in [5.74, 6) is 2.96. The standard InChI is InChI=1S/C28H40O2/c1-19-9-12-25(30)18-23(19)11-10-22-7-5-15-28(3)26(13-14-27(22)28)20(2)16-21-6-4-8-24(29)17-21/h4,6,8,10,17,20,23,25-27,29-30H,1,5,7,9,11-16,18H2,2-3H3/b22-10+/t20-,23?,25+,26-,27+,28-/m1/s1. The molecule has 6 atom stereocenters. The molecule has 0 spiro atoms. The molecule has 2 heteroatoms. The number of phenolic OH excluding ortho intramolecular Hbond substituents is 1. The molecular formula is C28H40O2. The van der Waals surface area contributed by atoms with Crippen molar-refractivity contribution in [3.8, 4) is 5.75 Å². The third kappa shape index (κ3) is 4.40. The van der Waals surface area contributed by atoms with Crippen molar-refractivity contribution < 1.29 is 10.2 Å². The average Bonchev–Trinajstić information content (AvgIpc) is 3.06. The van der Waals surface area contributed by atoms with E-state index in [1.807, 2.05) is 12.1 Å². The van der Waals surface area contributed by atoms with Gasteiger partial charge >= 0.3 is 0 Å². The average molecular weight is 409 g/mol. The highest BCUT2D eigenvalue weighted by Crippen LogP contribution is 2.59. The van der Waals surface area contributed by atoms with Gasteiger partial charge < -0.3 is 10.2 Å². The second kappa shape index (κ2) is 8.91. The lowest BCUT2D eigenvalue weighted by Crippen LogP contribution is -2.36. The van der Waals surface area contributed by atoms with Gasteiger partial charge in [0.1, 0.15) is 5.75 Å². The Kier molecular flexibility index (Phi) is 6.44. The fraction of sp³-hybridized carbons (Fsp3) is 0.643. The molecule has 1 aromatic carbocycles. The van der Waals surface area contributed by atoms with Gasteiger partial charge in [0.2, 0.25) is 0 Å². The van der Waals surface area contributed by atoms with Gasteiger partial charge in [-0.25, -0.2) is 0 Å². The molecule has 2 nitrogen and oxygen atoms in total. The van der Waals surface area contributed by atoms with E-state index in [-0.39, 0.29) is 6.10 Å². The van der Waals surface area contributed by atoms with E-state index in [2.05, 4.69) is 32.6 Å². The summed E-state index contributed by atoms with van der Waals surface area (Å²) in [6.07, 6.45) is 13.9. The van der Waals surface area contributed by atoms with Gasteiger partial charge in [-0.05, 0) is 111 Å². The van der Waals surface area contributed by atoms with Crippen molar-refractivity contribution in [2.24, 2.45) is 29.1 Å². The van der Waals surface area contributed by atoms with Crippen LogP contribution in [0.3, 0.4) is 0 Å². The van der Waals surface area contributed by atoms with E-state index in [9.17, 15) is 10.2 Å². The van der Waals surface area contributed by atoms with Crippen LogP contribution in [-0.2, 0) is 6.42 Å². The van der Waals surface area contributed by atoms with Crippen LogP contribution >= 0.6 is 0 Å². The highest BCUT2D eigenvalue weighted by molar-refractivity contribution is 5.28. The van der Waals surface area contributed by atoms with E-state index in [0.717, 1.165) is 43.9 Å². The Hall–Kier alpha value is -1.54. The van der Waals surface area contributed by atoms with Gasteiger partial charge in [0.05, 0.1) is 6.10 Å². The van der Waals surface area contributed by atoms with Crippen molar-refractivity contribution in [1.29, 1.82) is 0 Å². The van der Waals surface area contributed by atoms with Gasteiger partial charge in [0, 0.05) is 0 Å². The van der Waals surface area contributed by atoms with Crippen LogP contribution in [0.4, 0.5) is 0 Å². The van der Waals surface area contributed by atoms with Crippen LogP contribution in [0.15, 0.2) is 48.1 Å². The maximum atomic E-state index is 10.1. The predicted octanol–water partition coefficient (Wildman–Crippen LogP) is 6.82. The van der Waals surface area contributed by atoms with E-state index in [1.54, 1.807) is 11.6 Å². The Morgan fingerprint density at radius 3 is 2.87 bits per heavy atom. The Balaban J connectivity index is 1.45. The molecule has 0 aliphatic heterocycles. The second-order valence-corrected chi connectivity index (χ2v) is 10.7. The van der Waals surface area contributed by atoms with Crippen molar-refractivity contribution >= 4 is 0 Å². The minimum atomic E-state index is -0.135. The summed E-state index contributed by atoms with van der Waals surface area (Å²) >= 11 is 0. The van der Waals surface area contributed by atoms with Gasteiger partial charge in [-0.3, -0.25) is 0 Å². The predicted molar refractivity (Wildman–Crippen MR) is 124 cm³/mol. The van der Waals surface area contributed by atoms with Crippen LogP contribution in [0.25, 0.3) is 0 Å². The number of allylic oxidation sites excluding steroid dienone is 3. The number of aliphatic hydroxyl groups is 1. The Bertz CT molecular complexity index is 794. The van der Waals surface area contributed by atoms with Crippen molar-refractivity contribution in [3.63, 3.8) is 0 Å². The van der Waals surface area contributed by atoms with E-state index in [0.29, 0.717) is 23.0 Å². The summed E-state index contributed by atoms with van der Waals surface area (Å²) in [4.78, 5) is 0. The zero-order valence-electron chi connectivity index (χ0n) is 18.9. The summed E-state index contributed by atoms with van der Waals surface area (Å²) in [6.45, 7) is 9.28. The summed E-state index contributed by atoms with van der Waals surface area (Å²) in [5, 5.41) is 19.9. The molecule has 3 aliphatic carbocycles. The molecule has 0 amide bonds. The first-order valence-corrected chi connectivity index (χ1v) is 12.2. The van der Waals surface area contributed by atoms with Gasteiger partial charge in [-0.15, -0.1) is 0 Å². The molecule has 3 fully saturated rings. The van der Waals surface area contributed by atoms with Crippen LogP contribution in [-0.4, -0.2) is 16.3 Å². The Morgan fingerprint density at radius 1 is 1.23 bits per heavy atom. The molecular weight excluding hydrogens is 368 g/mol. The highest BCUT2D eigenvalue weighted by Gasteiger charge is 2.50. The zero-order valence-corrected chi connectivity index (χ0v) is 18.9. The quantitative estimate of drug-likeness (QED) is 0.525. The SMILES string of the molecule is C=C1CC[C@H](O)CC1C/C=C1\CCC[C@]2(C)[C@@H]([C@H](C)Cc3cccc(O)c3)CC[C@@H]12. The van der Waals surface area contributed by atoms with Crippen LogP contribution in [0.2, 0.25) is 0 Å². The lowest BCUT2D eigenvalue weighted by Gasteiger charge is -2.44. The van der Waals surface area contributed by atoms with Crippen LogP contribution in [0.5, 0.6) is 5.75 Å². The molecule has 164 valence electrons. The minimum absolute atomic E-state index is 0.135. The largest absolute Gasteiger partial charge is 0.508 e. The molecule has 3 aliphatic rings. The maximum Gasteiger partial charge on any atom is 0.115 e. The molecule has 1 unspecified atom stereocenters. The molecule has 3 saturated carbocycles. The second-order valence-electron chi connectivity index (χ2n) is 10.7. The normalized spacial score (nSPS) is 36.6. The smallest absolute Gasteiger partial charge is 0.115 e. The van der Waals surface area contributed by atoms with Crippen molar-refractivity contribution in [3.05, 3.63) is 53.6 Å². The molecule has 0 heterocycles. The number of aliphatic hydroxyl groups excluding tert-OH is 1. The van der Waals surface area contributed by atoms with Gasteiger partial charge in [0.25, 0.3) is 0 Å². The summed E-state index contributed by atoms with van der Waals surface area (Å²) in [6, 6.07) is 7.82. The van der Waals surface area contributed by atoms with Crippen molar-refractivity contribution in [1.82, 2.24) is 0 Å². The van der Waals surface area contributed by atoms with Crippen LogP contribution < -0.4 is 0 Å². The molecule has 0 radical (unpaired) electrons. The Morgan fingerprint density at radius 2 is 2.07 bits per heavy atom. The molecule has 4 rings (SSSR count). The van der Waals surface area contributed by atoms with E-state index in [4.69, 9.17) is 0 Å². The number of aromatic hydroxyl groups is 1. The third-order valence-electron chi connectivity index (χ3n) is 8.79. The molecule has 1 aromatic rings. The summed E-state index contributed by atoms with van der Waals surface area (Å²) < 4.78 is 0. The molecule has 0 saturated heterocycles. The van der Waals surface area contributed by atoms with E-state index >= 15 is 0 Å². The van der Waals surface area contributed by atoms with E-state index < -0.39 is 0 Å². The van der Waals surface area contributed by atoms with Gasteiger partial charge in [0.15, 0.2) is 0 Å². The van der Waals surface area contributed by atoms with Crippen LogP contribution in [0.1, 0.15) is 77.2 Å². The maximum absolute atomic E-state index is 10.1. The number of benzene rings is 1. The lowest BCUT2D eigenvalue weighted by molar-refractivity contribution is 0.0968. The highest BCUT2D eigenvalue weighted by atomic mass is 16.3. The molecule has 2 N–H and O–H groups in total. The number of phenols is 1. The van der Waals surface area contributed by atoms with Gasteiger partial charge in [-0.1, -0.05) is 49.8 Å². The first-order valence-electron chi connectivity index (χ1n) is 12.2. The summed E-state index contributed by atoms with van der Waals surface area (Å²) in [7, 11) is 0. The van der Waals surface area contributed by atoms with Crippen molar-refractivity contribution in [2.45, 2.75) is 84.2 Å². The number of rotatable bonds is 5. The molecule has 0 aromatic heterocycles. The zero-order chi connectivity index (χ0) is 21.3. The summed E-state index contributed by atoms with van der Waals surface area (Å²) in [5.41, 5.74) is 4.71. The monoisotopic (exact) mass is 408 g/mol. The Labute approximate surface area is 183 Å². The fourth-order valence-electron chi connectivity index (χ4n) is 7.18. The lowest BCUT2D eigenvalue weighted by atomic mass is 9.60. The van der Waals surface area contributed by atoms with Gasteiger partial charge in [-0.2, -0.15) is 0 Å². The fourth-order valence-corrected chi connectivity index (χ4v) is 7.18. The minimum Gasteiger partial charge on any atom is -0.508 e. The molecule has 0 bridgehead atoms. The topological polar surface area (TPSA) is 40.5 Å².